The van der Waals surface area contributed by atoms with Gasteiger partial charge in [-0.05, 0) is 30.9 Å². The second-order valence-electron chi connectivity index (χ2n) is 7.07. The first-order valence-corrected chi connectivity index (χ1v) is 11.6. The summed E-state index contributed by atoms with van der Waals surface area (Å²) in [6, 6.07) is 8.58. The van der Waals surface area contributed by atoms with Gasteiger partial charge in [-0.2, -0.15) is 0 Å². The smallest absolute Gasteiger partial charge is 0.218 e. The van der Waals surface area contributed by atoms with Crippen LogP contribution in [0, 0.1) is 0 Å². The van der Waals surface area contributed by atoms with Crippen LogP contribution in [-0.2, 0) is 11.3 Å². The van der Waals surface area contributed by atoms with Crippen molar-refractivity contribution in [2.24, 2.45) is 4.99 Å². The highest BCUT2D eigenvalue weighted by atomic mass is 127. The van der Waals surface area contributed by atoms with E-state index in [9.17, 15) is 0 Å². The minimum Gasteiger partial charge on any atom is -0.477 e. The molecule has 0 saturated carbocycles. The molecule has 1 unspecified atom stereocenters. The van der Waals surface area contributed by atoms with Crippen LogP contribution in [0.1, 0.15) is 36.8 Å². The Kier molecular flexibility index (Phi) is 12.2. The molecule has 7 nitrogen and oxygen atoms in total. The maximum Gasteiger partial charge on any atom is 0.218 e. The molecule has 0 amide bonds. The van der Waals surface area contributed by atoms with Crippen molar-refractivity contribution in [3.05, 3.63) is 46.3 Å². The third-order valence-electron chi connectivity index (χ3n) is 4.87. The summed E-state index contributed by atoms with van der Waals surface area (Å²) in [6.07, 6.45) is 2.71. The Morgan fingerprint density at radius 1 is 1.26 bits per heavy atom. The van der Waals surface area contributed by atoms with E-state index < -0.39 is 0 Å². The molecule has 1 fully saturated rings. The molecule has 1 atom stereocenters. The van der Waals surface area contributed by atoms with Crippen LogP contribution in [-0.4, -0.2) is 61.8 Å². The Morgan fingerprint density at radius 3 is 2.81 bits per heavy atom. The molecule has 3 heterocycles. The van der Waals surface area contributed by atoms with Crippen molar-refractivity contribution in [3.63, 3.8) is 0 Å². The lowest BCUT2D eigenvalue weighted by molar-refractivity contribution is 0.0177. The highest BCUT2D eigenvalue weighted by molar-refractivity contribution is 14.0. The number of pyridine rings is 1. The average molecular weight is 560 g/mol. The number of aliphatic imine (C=N–C) groups is 1. The van der Waals surface area contributed by atoms with E-state index in [2.05, 4.69) is 51.9 Å². The zero-order chi connectivity index (χ0) is 21.0. The van der Waals surface area contributed by atoms with Crippen molar-refractivity contribution >= 4 is 41.3 Å². The van der Waals surface area contributed by atoms with E-state index in [1.165, 1.54) is 4.88 Å². The van der Waals surface area contributed by atoms with Gasteiger partial charge in [-0.25, -0.2) is 9.98 Å². The molecule has 0 radical (unpaired) electrons. The molecular weight excluding hydrogens is 525 g/mol. The van der Waals surface area contributed by atoms with Gasteiger partial charge >= 0.3 is 0 Å². The lowest BCUT2D eigenvalue weighted by Gasteiger charge is -2.34. The summed E-state index contributed by atoms with van der Waals surface area (Å²) in [6.45, 7) is 10.4. The van der Waals surface area contributed by atoms with Crippen molar-refractivity contribution in [1.82, 2.24) is 20.5 Å². The second-order valence-corrected chi connectivity index (χ2v) is 8.05. The summed E-state index contributed by atoms with van der Waals surface area (Å²) >= 11 is 1.80. The van der Waals surface area contributed by atoms with Gasteiger partial charge in [0.1, 0.15) is 0 Å². The minimum atomic E-state index is 0. The molecule has 0 aromatic carbocycles. The number of thiophene rings is 1. The van der Waals surface area contributed by atoms with E-state index in [1.54, 1.807) is 17.5 Å². The van der Waals surface area contributed by atoms with E-state index in [4.69, 9.17) is 14.5 Å². The van der Waals surface area contributed by atoms with Crippen molar-refractivity contribution in [2.45, 2.75) is 32.9 Å². The summed E-state index contributed by atoms with van der Waals surface area (Å²) in [5.74, 6) is 1.47. The van der Waals surface area contributed by atoms with E-state index >= 15 is 0 Å². The van der Waals surface area contributed by atoms with Crippen molar-refractivity contribution in [2.75, 3.05) is 46.0 Å². The molecule has 1 saturated heterocycles. The SMILES string of the molecule is CCCOc1ncccc1CN=C(NCC)NCC(c1cccs1)N1CCOCC1.I. The van der Waals surface area contributed by atoms with Gasteiger partial charge in [0.05, 0.1) is 32.4 Å². The Labute approximate surface area is 206 Å². The standard InChI is InChI=1S/C22H33N5O2S.HI/c1-3-12-29-21-18(7-5-9-24-21)16-25-22(23-4-2)26-17-19(20-8-6-15-30-20)27-10-13-28-14-11-27;/h5-9,15,19H,3-4,10-14,16-17H2,1-2H3,(H2,23,25,26);1H. The van der Waals surface area contributed by atoms with E-state index in [1.807, 2.05) is 12.1 Å². The molecule has 3 rings (SSSR count). The summed E-state index contributed by atoms with van der Waals surface area (Å²) in [4.78, 5) is 13.0. The molecule has 2 aromatic heterocycles. The predicted octanol–water partition coefficient (Wildman–Crippen LogP) is 3.68. The van der Waals surface area contributed by atoms with Crippen molar-refractivity contribution in [3.8, 4) is 5.88 Å². The van der Waals surface area contributed by atoms with Crippen LogP contribution in [0.4, 0.5) is 0 Å². The quantitative estimate of drug-likeness (QED) is 0.263. The first kappa shape index (κ1) is 25.8. The zero-order valence-electron chi connectivity index (χ0n) is 18.4. The van der Waals surface area contributed by atoms with Gasteiger partial charge in [-0.3, -0.25) is 4.90 Å². The van der Waals surface area contributed by atoms with Crippen LogP contribution in [0.25, 0.3) is 0 Å². The molecule has 0 bridgehead atoms. The monoisotopic (exact) mass is 559 g/mol. The molecule has 1 aliphatic heterocycles. The maximum absolute atomic E-state index is 5.77. The molecular formula is C22H34IN5O2S. The van der Waals surface area contributed by atoms with Gasteiger partial charge in [-0.1, -0.05) is 19.1 Å². The van der Waals surface area contributed by atoms with Crippen LogP contribution < -0.4 is 15.4 Å². The van der Waals surface area contributed by atoms with E-state index in [0.717, 1.165) is 57.3 Å². The fraction of sp³-hybridized carbons (Fsp3) is 0.545. The number of aromatic nitrogens is 1. The average Bonchev–Trinajstić information content (AvgIpc) is 3.32. The number of nitrogens with one attached hydrogen (secondary N) is 2. The van der Waals surface area contributed by atoms with Gasteiger partial charge < -0.3 is 20.1 Å². The molecule has 0 aliphatic carbocycles. The van der Waals surface area contributed by atoms with Crippen LogP contribution in [0.2, 0.25) is 0 Å². The molecule has 2 aromatic rings. The number of morpholine rings is 1. The van der Waals surface area contributed by atoms with Gasteiger partial charge in [-0.15, -0.1) is 35.3 Å². The van der Waals surface area contributed by atoms with Crippen LogP contribution in [0.15, 0.2) is 40.8 Å². The number of hydrogen-bond donors (Lipinski definition) is 2. The Balaban J connectivity index is 0.00000341. The third-order valence-corrected chi connectivity index (χ3v) is 5.84. The fourth-order valence-corrected chi connectivity index (χ4v) is 4.21. The lowest BCUT2D eigenvalue weighted by Crippen LogP contribution is -2.46. The molecule has 1 aliphatic rings. The summed E-state index contributed by atoms with van der Waals surface area (Å²) in [5, 5.41) is 9.04. The van der Waals surface area contributed by atoms with Crippen LogP contribution >= 0.6 is 35.3 Å². The highest BCUT2D eigenvalue weighted by Gasteiger charge is 2.23. The summed E-state index contributed by atoms with van der Waals surface area (Å²) < 4.78 is 11.3. The summed E-state index contributed by atoms with van der Waals surface area (Å²) in [7, 11) is 0. The van der Waals surface area contributed by atoms with E-state index in [0.29, 0.717) is 25.1 Å². The van der Waals surface area contributed by atoms with Crippen molar-refractivity contribution in [1.29, 1.82) is 0 Å². The maximum atomic E-state index is 5.77. The molecule has 0 spiro atoms. The van der Waals surface area contributed by atoms with Gasteiger partial charge in [0.2, 0.25) is 5.88 Å². The number of ether oxygens (including phenoxy) is 2. The molecule has 9 heteroatoms. The third kappa shape index (κ3) is 8.21. The number of hydrogen-bond acceptors (Lipinski definition) is 6. The topological polar surface area (TPSA) is 71.0 Å². The van der Waals surface area contributed by atoms with E-state index in [-0.39, 0.29) is 24.0 Å². The highest BCUT2D eigenvalue weighted by Crippen LogP contribution is 2.25. The number of rotatable bonds is 10. The first-order chi connectivity index (χ1) is 14.8. The van der Waals surface area contributed by atoms with Crippen LogP contribution in [0.3, 0.4) is 0 Å². The van der Waals surface area contributed by atoms with Crippen LogP contribution in [0.5, 0.6) is 5.88 Å². The van der Waals surface area contributed by atoms with Gasteiger partial charge in [0.15, 0.2) is 5.96 Å². The zero-order valence-corrected chi connectivity index (χ0v) is 21.5. The Bertz CT molecular complexity index is 769. The number of guanidine groups is 1. The summed E-state index contributed by atoms with van der Waals surface area (Å²) in [5.41, 5.74) is 0.992. The Morgan fingerprint density at radius 2 is 2.10 bits per heavy atom. The Hall–Kier alpha value is -1.43. The predicted molar refractivity (Wildman–Crippen MR) is 138 cm³/mol. The first-order valence-electron chi connectivity index (χ1n) is 10.8. The normalized spacial score (nSPS) is 15.7. The largest absolute Gasteiger partial charge is 0.477 e. The van der Waals surface area contributed by atoms with Crippen molar-refractivity contribution < 1.29 is 9.47 Å². The number of nitrogens with zero attached hydrogens (tertiary/aromatic N) is 3. The molecule has 172 valence electrons. The molecule has 31 heavy (non-hydrogen) atoms. The minimum absolute atomic E-state index is 0. The van der Waals surface area contributed by atoms with Gasteiger partial charge in [0.25, 0.3) is 0 Å². The lowest BCUT2D eigenvalue weighted by atomic mass is 10.2. The second kappa shape index (κ2) is 14.6. The number of halogens is 1. The molecule has 2 N–H and O–H groups in total. The van der Waals surface area contributed by atoms with Gasteiger partial charge in [0, 0.05) is 42.8 Å². The fourth-order valence-electron chi connectivity index (χ4n) is 3.35.